The maximum atomic E-state index is 11.6. The maximum Gasteiger partial charge on any atom is 0.331 e. The molecule has 6 heteroatoms. The van der Waals surface area contributed by atoms with Crippen LogP contribution in [0.4, 0.5) is 5.69 Å². The van der Waals surface area contributed by atoms with Gasteiger partial charge in [-0.3, -0.25) is 10.1 Å². The number of para-hydroxylation sites is 1. The lowest BCUT2D eigenvalue weighted by Crippen LogP contribution is -2.00. The number of nitrogens with zero attached hydrogens (tertiary/aromatic N) is 1. The number of rotatable bonds is 5. The quantitative estimate of drug-likeness (QED) is 0.347. The zero-order valence-electron chi connectivity index (χ0n) is 11.4. The fourth-order valence-corrected chi connectivity index (χ4v) is 2.00. The van der Waals surface area contributed by atoms with Crippen LogP contribution in [0.2, 0.25) is 0 Å². The lowest BCUT2D eigenvalue weighted by molar-refractivity contribution is -0.385. The van der Waals surface area contributed by atoms with Crippen molar-refractivity contribution in [2.24, 2.45) is 0 Å². The van der Waals surface area contributed by atoms with Gasteiger partial charge in [-0.25, -0.2) is 4.79 Å². The molecule has 2 aromatic carbocycles. The van der Waals surface area contributed by atoms with Gasteiger partial charge in [-0.2, -0.15) is 0 Å². The van der Waals surface area contributed by atoms with Crippen LogP contribution < -0.4 is 0 Å². The van der Waals surface area contributed by atoms with Crippen LogP contribution in [0.3, 0.4) is 0 Å². The number of hydrogen-bond acceptors (Lipinski definition) is 4. The molecule has 5 nitrogen and oxygen atoms in total. The highest BCUT2D eigenvalue weighted by Crippen LogP contribution is 2.19. The van der Waals surface area contributed by atoms with Gasteiger partial charge in [0.2, 0.25) is 0 Å². The van der Waals surface area contributed by atoms with E-state index in [1.807, 2.05) is 24.3 Å². The van der Waals surface area contributed by atoms with Gasteiger partial charge in [0.25, 0.3) is 5.69 Å². The number of nitro benzene ring substituents is 1. The molecule has 0 aromatic heterocycles. The van der Waals surface area contributed by atoms with Crippen molar-refractivity contribution in [3.8, 4) is 0 Å². The van der Waals surface area contributed by atoms with Crippen LogP contribution in [0, 0.1) is 10.1 Å². The molecule has 0 amide bonds. The van der Waals surface area contributed by atoms with E-state index in [2.05, 4.69) is 15.9 Å². The van der Waals surface area contributed by atoms with Gasteiger partial charge in [0.05, 0.1) is 10.5 Å². The summed E-state index contributed by atoms with van der Waals surface area (Å²) in [5.41, 5.74) is 1.16. The Morgan fingerprint density at radius 1 is 1.18 bits per heavy atom. The third kappa shape index (κ3) is 4.53. The molecular weight excluding hydrogens is 350 g/mol. The molecule has 0 N–H and O–H groups in total. The molecule has 0 spiro atoms. The van der Waals surface area contributed by atoms with Gasteiger partial charge >= 0.3 is 5.97 Å². The Hall–Kier alpha value is -2.47. The van der Waals surface area contributed by atoms with E-state index in [1.54, 1.807) is 18.2 Å². The van der Waals surface area contributed by atoms with Gasteiger partial charge in [0.15, 0.2) is 0 Å². The lowest BCUT2D eigenvalue weighted by atomic mass is 10.1. The Morgan fingerprint density at radius 2 is 1.86 bits per heavy atom. The standard InChI is InChI=1S/C16H12BrNO4/c17-14-8-5-12(6-9-14)11-22-16(19)10-7-13-3-1-2-4-15(13)18(20)21/h1-10H,11H2. The summed E-state index contributed by atoms with van der Waals surface area (Å²) >= 11 is 3.32. The second-order valence-electron chi connectivity index (χ2n) is 4.38. The number of benzene rings is 2. The SMILES string of the molecule is O=C(C=Cc1ccccc1[N+](=O)[O-])OCc1ccc(Br)cc1. The molecule has 0 aliphatic heterocycles. The Kier molecular flexibility index (Phi) is 5.43. The molecule has 112 valence electrons. The zero-order chi connectivity index (χ0) is 15.9. The molecule has 0 unspecified atom stereocenters. The van der Waals surface area contributed by atoms with Crippen molar-refractivity contribution in [1.29, 1.82) is 0 Å². The summed E-state index contributed by atoms with van der Waals surface area (Å²) in [6.07, 6.45) is 2.56. The van der Waals surface area contributed by atoms with Gasteiger partial charge in [0.1, 0.15) is 6.61 Å². The summed E-state index contributed by atoms with van der Waals surface area (Å²) in [6.45, 7) is 0.146. The van der Waals surface area contributed by atoms with E-state index in [0.717, 1.165) is 10.0 Å². The number of carbonyl (C=O) groups is 1. The highest BCUT2D eigenvalue weighted by Gasteiger charge is 2.09. The smallest absolute Gasteiger partial charge is 0.331 e. The van der Waals surface area contributed by atoms with Crippen molar-refractivity contribution in [1.82, 2.24) is 0 Å². The first-order valence-electron chi connectivity index (χ1n) is 6.39. The Labute approximate surface area is 135 Å². The van der Waals surface area contributed by atoms with Crippen molar-refractivity contribution in [3.63, 3.8) is 0 Å². The van der Waals surface area contributed by atoms with Crippen molar-refractivity contribution >= 4 is 33.7 Å². The molecule has 0 bridgehead atoms. The van der Waals surface area contributed by atoms with Crippen molar-refractivity contribution < 1.29 is 14.5 Å². The van der Waals surface area contributed by atoms with Crippen LogP contribution in [-0.4, -0.2) is 10.9 Å². The van der Waals surface area contributed by atoms with Gasteiger partial charge < -0.3 is 4.74 Å². The van der Waals surface area contributed by atoms with E-state index in [0.29, 0.717) is 5.56 Å². The topological polar surface area (TPSA) is 69.4 Å². The van der Waals surface area contributed by atoms with E-state index >= 15 is 0 Å². The molecular formula is C16H12BrNO4. The third-order valence-electron chi connectivity index (χ3n) is 2.83. The van der Waals surface area contributed by atoms with E-state index < -0.39 is 10.9 Å². The summed E-state index contributed by atoms with van der Waals surface area (Å²) in [5.74, 6) is -0.555. The van der Waals surface area contributed by atoms with Crippen LogP contribution in [-0.2, 0) is 16.1 Å². The fourth-order valence-electron chi connectivity index (χ4n) is 1.74. The van der Waals surface area contributed by atoms with E-state index in [4.69, 9.17) is 4.74 Å². The van der Waals surface area contributed by atoms with Gasteiger partial charge in [-0.05, 0) is 29.8 Å². The first kappa shape index (κ1) is 15.9. The molecule has 22 heavy (non-hydrogen) atoms. The molecule has 0 atom stereocenters. The molecule has 2 aromatic rings. The van der Waals surface area contributed by atoms with Crippen LogP contribution in [0.25, 0.3) is 6.08 Å². The van der Waals surface area contributed by atoms with Crippen LogP contribution in [0.1, 0.15) is 11.1 Å². The molecule has 0 aliphatic carbocycles. The fraction of sp³-hybridized carbons (Fsp3) is 0.0625. The normalized spacial score (nSPS) is 10.6. The largest absolute Gasteiger partial charge is 0.458 e. The lowest BCUT2D eigenvalue weighted by Gasteiger charge is -2.02. The zero-order valence-corrected chi connectivity index (χ0v) is 13.0. The summed E-state index contributed by atoms with van der Waals surface area (Å²) < 4.78 is 6.02. The Morgan fingerprint density at radius 3 is 2.55 bits per heavy atom. The molecule has 0 aliphatic rings. The Bertz CT molecular complexity index is 710. The predicted molar refractivity (Wildman–Crippen MR) is 86.1 cm³/mol. The minimum Gasteiger partial charge on any atom is -0.458 e. The second kappa shape index (κ2) is 7.51. The predicted octanol–water partition coefficient (Wildman–Crippen LogP) is 4.11. The highest BCUT2D eigenvalue weighted by molar-refractivity contribution is 9.10. The van der Waals surface area contributed by atoms with Gasteiger partial charge in [-0.1, -0.05) is 40.2 Å². The highest BCUT2D eigenvalue weighted by atomic mass is 79.9. The number of halogens is 1. The maximum absolute atomic E-state index is 11.6. The minimum absolute atomic E-state index is 0.0561. The van der Waals surface area contributed by atoms with Crippen LogP contribution in [0.5, 0.6) is 0 Å². The molecule has 2 rings (SSSR count). The average molecular weight is 362 g/mol. The molecule has 0 saturated heterocycles. The number of nitro groups is 1. The average Bonchev–Trinajstić information content (AvgIpc) is 2.52. The first-order chi connectivity index (χ1) is 10.6. The molecule has 0 saturated carbocycles. The number of esters is 1. The minimum atomic E-state index is -0.555. The van der Waals surface area contributed by atoms with Crippen molar-refractivity contribution in [2.45, 2.75) is 6.61 Å². The summed E-state index contributed by atoms with van der Waals surface area (Å²) in [4.78, 5) is 22.0. The van der Waals surface area contributed by atoms with Crippen molar-refractivity contribution in [2.75, 3.05) is 0 Å². The summed E-state index contributed by atoms with van der Waals surface area (Å²) in [5, 5.41) is 10.9. The number of ether oxygens (including phenoxy) is 1. The van der Waals surface area contributed by atoms with E-state index in [1.165, 1.54) is 18.2 Å². The molecule has 0 radical (unpaired) electrons. The second-order valence-corrected chi connectivity index (χ2v) is 5.30. The van der Waals surface area contributed by atoms with E-state index in [-0.39, 0.29) is 12.3 Å². The van der Waals surface area contributed by atoms with Crippen LogP contribution in [0.15, 0.2) is 59.1 Å². The Balaban J connectivity index is 1.97. The molecule has 0 fully saturated rings. The van der Waals surface area contributed by atoms with Crippen LogP contribution >= 0.6 is 15.9 Å². The first-order valence-corrected chi connectivity index (χ1v) is 7.18. The third-order valence-corrected chi connectivity index (χ3v) is 3.36. The van der Waals surface area contributed by atoms with E-state index in [9.17, 15) is 14.9 Å². The molecule has 0 heterocycles. The monoisotopic (exact) mass is 361 g/mol. The number of carbonyl (C=O) groups excluding carboxylic acids is 1. The van der Waals surface area contributed by atoms with Gasteiger partial charge in [-0.15, -0.1) is 0 Å². The summed E-state index contributed by atoms with van der Waals surface area (Å²) in [6, 6.07) is 13.6. The van der Waals surface area contributed by atoms with Gasteiger partial charge in [0, 0.05) is 16.6 Å². The number of hydrogen-bond donors (Lipinski definition) is 0. The van der Waals surface area contributed by atoms with Crippen molar-refractivity contribution in [3.05, 3.63) is 80.3 Å². The summed E-state index contributed by atoms with van der Waals surface area (Å²) in [7, 11) is 0.